The summed E-state index contributed by atoms with van der Waals surface area (Å²) in [6.07, 6.45) is 3.49. The molecule has 5 rings (SSSR count). The lowest BCUT2D eigenvalue weighted by Crippen LogP contribution is -2.47. The number of nitrogens with zero attached hydrogens (tertiary/aromatic N) is 3. The number of nitrogens with one attached hydrogen (secondary N) is 1. The van der Waals surface area contributed by atoms with Crippen molar-refractivity contribution in [1.29, 1.82) is 0 Å². The Balaban J connectivity index is 1.38. The van der Waals surface area contributed by atoms with E-state index in [1.807, 2.05) is 66.5 Å². The van der Waals surface area contributed by atoms with Gasteiger partial charge in [-0.25, -0.2) is 0 Å². The van der Waals surface area contributed by atoms with E-state index in [0.29, 0.717) is 24.7 Å². The number of fused-ring (bicyclic) bond motifs is 5. The first-order valence-corrected chi connectivity index (χ1v) is 12.2. The smallest absolute Gasteiger partial charge is 0.234 e. The van der Waals surface area contributed by atoms with Crippen LogP contribution in [0.25, 0.3) is 0 Å². The van der Waals surface area contributed by atoms with E-state index in [-0.39, 0.29) is 24.6 Å². The van der Waals surface area contributed by atoms with Gasteiger partial charge in [-0.3, -0.25) is 19.6 Å². The Morgan fingerprint density at radius 3 is 2.75 bits per heavy atom. The molecular weight excluding hydrogens is 456 g/mol. The molecule has 1 fully saturated rings. The number of methoxy groups -OCH3 is 1. The zero-order chi connectivity index (χ0) is 24.9. The number of benzene rings is 2. The zero-order valence-corrected chi connectivity index (χ0v) is 20.7. The van der Waals surface area contributed by atoms with Crippen molar-refractivity contribution < 1.29 is 19.0 Å². The quantitative estimate of drug-likeness (QED) is 0.607. The molecule has 0 saturated carbocycles. The van der Waals surface area contributed by atoms with Crippen molar-refractivity contribution in [1.82, 2.24) is 20.1 Å². The second-order valence-corrected chi connectivity index (χ2v) is 9.48. The van der Waals surface area contributed by atoms with Gasteiger partial charge in [-0.05, 0) is 60.1 Å². The van der Waals surface area contributed by atoms with Crippen LogP contribution in [0.1, 0.15) is 16.7 Å². The minimum atomic E-state index is -0.119. The summed E-state index contributed by atoms with van der Waals surface area (Å²) in [6.45, 7) is 3.57. The summed E-state index contributed by atoms with van der Waals surface area (Å²) in [6, 6.07) is 17.7. The maximum atomic E-state index is 13.0. The van der Waals surface area contributed by atoms with Gasteiger partial charge in [-0.1, -0.05) is 18.2 Å². The number of aromatic nitrogens is 1. The third kappa shape index (κ3) is 6.02. The average Bonchev–Trinajstić information content (AvgIpc) is 3.23. The molecule has 8 nitrogen and oxygen atoms in total. The molecule has 3 heterocycles. The van der Waals surface area contributed by atoms with Crippen LogP contribution in [-0.2, 0) is 29.2 Å². The third-order valence-corrected chi connectivity index (χ3v) is 6.53. The summed E-state index contributed by atoms with van der Waals surface area (Å²) in [4.78, 5) is 21.4. The van der Waals surface area contributed by atoms with Gasteiger partial charge in [0.25, 0.3) is 0 Å². The van der Waals surface area contributed by atoms with E-state index in [0.717, 1.165) is 36.5 Å². The van der Waals surface area contributed by atoms with Gasteiger partial charge in [0, 0.05) is 38.6 Å². The van der Waals surface area contributed by atoms with Gasteiger partial charge in [0.1, 0.15) is 5.75 Å². The lowest BCUT2D eigenvalue weighted by Gasteiger charge is -2.23. The minimum Gasteiger partial charge on any atom is -0.493 e. The van der Waals surface area contributed by atoms with Crippen molar-refractivity contribution in [3.05, 3.63) is 83.7 Å². The van der Waals surface area contributed by atoms with E-state index >= 15 is 0 Å². The summed E-state index contributed by atoms with van der Waals surface area (Å²) in [5.74, 6) is 2.01. The molecule has 0 radical (unpaired) electrons. The third-order valence-electron chi connectivity index (χ3n) is 6.53. The van der Waals surface area contributed by atoms with E-state index in [4.69, 9.17) is 14.2 Å². The van der Waals surface area contributed by atoms with Crippen LogP contribution in [0.5, 0.6) is 17.2 Å². The molecule has 8 heteroatoms. The number of carbonyl (C=O) groups excluding carboxylic acids is 1. The highest BCUT2D eigenvalue weighted by molar-refractivity contribution is 5.78. The molecular formula is C28H32N4O4. The van der Waals surface area contributed by atoms with Gasteiger partial charge < -0.3 is 19.5 Å². The van der Waals surface area contributed by atoms with Crippen LogP contribution in [0.4, 0.5) is 0 Å². The summed E-state index contributed by atoms with van der Waals surface area (Å²) in [5.41, 5.74) is 3.23. The molecule has 1 saturated heterocycles. The summed E-state index contributed by atoms with van der Waals surface area (Å²) in [5, 5.41) is 3.23. The monoisotopic (exact) mass is 488 g/mol. The molecule has 3 aromatic rings. The number of rotatable bonds is 3. The van der Waals surface area contributed by atoms with Crippen LogP contribution in [0.3, 0.4) is 0 Å². The highest BCUT2D eigenvalue weighted by atomic mass is 16.5. The number of pyridine rings is 1. The predicted molar refractivity (Wildman–Crippen MR) is 136 cm³/mol. The van der Waals surface area contributed by atoms with Crippen molar-refractivity contribution in [3.63, 3.8) is 0 Å². The van der Waals surface area contributed by atoms with E-state index < -0.39 is 0 Å². The Kier molecular flexibility index (Phi) is 7.46. The molecule has 1 N–H and O–H groups in total. The van der Waals surface area contributed by atoms with Crippen molar-refractivity contribution in [2.45, 2.75) is 31.8 Å². The van der Waals surface area contributed by atoms with Gasteiger partial charge in [0.05, 0.1) is 32.4 Å². The number of likely N-dealkylation sites (N-methyl/N-ethyl adjacent to an activating group) is 1. The summed E-state index contributed by atoms with van der Waals surface area (Å²) < 4.78 is 18.1. The van der Waals surface area contributed by atoms with Gasteiger partial charge in [0.15, 0.2) is 11.5 Å². The number of hydrogen-bond donors (Lipinski definition) is 1. The molecule has 188 valence electrons. The number of carbonyl (C=O) groups is 1. The lowest BCUT2D eigenvalue weighted by atomic mass is 10.1. The highest BCUT2D eigenvalue weighted by Crippen LogP contribution is 2.33. The van der Waals surface area contributed by atoms with Crippen LogP contribution in [0, 0.1) is 0 Å². The van der Waals surface area contributed by atoms with Crippen LogP contribution in [0.2, 0.25) is 0 Å². The topological polar surface area (TPSA) is 76.2 Å². The van der Waals surface area contributed by atoms with Gasteiger partial charge in [-0.2, -0.15) is 0 Å². The molecule has 0 aliphatic carbocycles. The van der Waals surface area contributed by atoms with Gasteiger partial charge >= 0.3 is 0 Å². The maximum Gasteiger partial charge on any atom is 0.234 e. The molecule has 2 aliphatic rings. The maximum absolute atomic E-state index is 13.0. The molecule has 1 amide bonds. The van der Waals surface area contributed by atoms with Crippen molar-refractivity contribution >= 4 is 5.91 Å². The van der Waals surface area contributed by atoms with E-state index in [9.17, 15) is 4.79 Å². The Labute approximate surface area is 211 Å². The minimum absolute atomic E-state index is 0.0130. The van der Waals surface area contributed by atoms with Crippen LogP contribution >= 0.6 is 0 Å². The molecule has 0 spiro atoms. The van der Waals surface area contributed by atoms with Crippen molar-refractivity contribution in [2.24, 2.45) is 0 Å². The Bertz CT molecular complexity index is 1190. The molecule has 2 aromatic carbocycles. The van der Waals surface area contributed by atoms with Crippen molar-refractivity contribution in [2.75, 3.05) is 33.8 Å². The standard InChI is InChI=1S/C28H32N4O4/c1-31-14-21-6-7-25(34-2)26(13-21)36-23-5-3-4-22(12-23)19-35-27-17-32(15-20-8-10-29-11-9-20)16-24(27)30-28(33)18-31/h3-13,24,27H,14-19H2,1-2H3,(H,30,33)/t24-,27-/m0/s1. The van der Waals surface area contributed by atoms with Crippen molar-refractivity contribution in [3.8, 4) is 17.2 Å². The highest BCUT2D eigenvalue weighted by Gasteiger charge is 2.34. The number of likely N-dealkylation sites (tertiary alicyclic amines) is 1. The fraction of sp³-hybridized carbons (Fsp3) is 0.357. The molecule has 2 aliphatic heterocycles. The SMILES string of the molecule is COc1ccc2cc1Oc1cccc(c1)CO[C@H]1CN(Cc3ccncc3)C[C@@H]1NC(=O)CN(C)C2. The Hall–Kier alpha value is -3.46. The van der Waals surface area contributed by atoms with Gasteiger partial charge in [0.2, 0.25) is 5.91 Å². The normalized spacial score (nSPS) is 21.3. The second-order valence-electron chi connectivity index (χ2n) is 9.48. The predicted octanol–water partition coefficient (Wildman–Crippen LogP) is 3.21. The first kappa shape index (κ1) is 24.2. The van der Waals surface area contributed by atoms with Gasteiger partial charge in [-0.15, -0.1) is 0 Å². The molecule has 0 unspecified atom stereocenters. The Morgan fingerprint density at radius 2 is 1.92 bits per heavy atom. The summed E-state index contributed by atoms with van der Waals surface area (Å²) in [7, 11) is 3.57. The summed E-state index contributed by atoms with van der Waals surface area (Å²) >= 11 is 0. The zero-order valence-electron chi connectivity index (χ0n) is 20.7. The van der Waals surface area contributed by atoms with E-state index in [2.05, 4.69) is 15.2 Å². The van der Waals surface area contributed by atoms with E-state index in [1.165, 1.54) is 5.56 Å². The largest absolute Gasteiger partial charge is 0.493 e. The first-order valence-electron chi connectivity index (χ1n) is 12.2. The molecule has 2 atom stereocenters. The first-order chi connectivity index (χ1) is 17.6. The second kappa shape index (κ2) is 11.1. The number of amides is 1. The molecule has 36 heavy (non-hydrogen) atoms. The fourth-order valence-electron chi connectivity index (χ4n) is 4.83. The molecule has 1 aromatic heterocycles. The number of hydrogen-bond acceptors (Lipinski definition) is 7. The fourth-order valence-corrected chi connectivity index (χ4v) is 4.83. The van der Waals surface area contributed by atoms with Crippen LogP contribution in [0.15, 0.2) is 67.0 Å². The van der Waals surface area contributed by atoms with Crippen LogP contribution in [-0.4, -0.2) is 66.6 Å². The van der Waals surface area contributed by atoms with Crippen LogP contribution < -0.4 is 14.8 Å². The average molecular weight is 489 g/mol. The lowest BCUT2D eigenvalue weighted by molar-refractivity contribution is -0.123. The Morgan fingerprint density at radius 1 is 1.06 bits per heavy atom. The van der Waals surface area contributed by atoms with E-state index in [1.54, 1.807) is 19.5 Å². The molecule has 4 bridgehead atoms. The number of ether oxygens (including phenoxy) is 3.